The molecule has 0 heterocycles. The van der Waals surface area contributed by atoms with Crippen LogP contribution in [0.2, 0.25) is 0 Å². The summed E-state index contributed by atoms with van der Waals surface area (Å²) in [6.45, 7) is 2.12. The van der Waals surface area contributed by atoms with Crippen LogP contribution in [0.15, 0.2) is 0 Å². The maximum atomic E-state index is 12.5. The normalized spacial score (nSPS) is 27.4. The summed E-state index contributed by atoms with van der Waals surface area (Å²) in [5.41, 5.74) is 5.23. The molecule has 1 atom stereocenters. The number of nitrogens with two attached hydrogens (primary N) is 1. The topological polar surface area (TPSA) is 26.0 Å². The molecule has 0 bridgehead atoms. The summed E-state index contributed by atoms with van der Waals surface area (Å²) in [4.78, 5) is 0. The van der Waals surface area contributed by atoms with E-state index in [9.17, 15) is 4.39 Å². The van der Waals surface area contributed by atoms with Gasteiger partial charge in [0.25, 0.3) is 0 Å². The Morgan fingerprint density at radius 1 is 1.75 bits per heavy atom. The smallest absolute Gasteiger partial charge is 0.104 e. The van der Waals surface area contributed by atoms with Gasteiger partial charge in [-0.05, 0) is 19.8 Å². The van der Waals surface area contributed by atoms with Gasteiger partial charge in [-0.2, -0.15) is 0 Å². The van der Waals surface area contributed by atoms with Gasteiger partial charge in [0.15, 0.2) is 0 Å². The molecular weight excluding hydrogens is 105 g/mol. The first kappa shape index (κ1) is 6.02. The van der Waals surface area contributed by atoms with Crippen LogP contribution in [-0.2, 0) is 0 Å². The van der Waals surface area contributed by atoms with Crippen molar-refractivity contribution in [1.29, 1.82) is 0 Å². The molecule has 0 radical (unpaired) electrons. The zero-order valence-corrected chi connectivity index (χ0v) is 5.15. The van der Waals surface area contributed by atoms with E-state index < -0.39 is 6.17 Å². The Morgan fingerprint density at radius 2 is 2.25 bits per heavy atom. The Bertz CT molecular complexity index is 86.5. The van der Waals surface area contributed by atoms with Crippen molar-refractivity contribution in [3.63, 3.8) is 0 Å². The fourth-order valence-corrected chi connectivity index (χ4v) is 0.925. The molecule has 1 fully saturated rings. The fraction of sp³-hybridized carbons (Fsp3) is 1.00. The maximum absolute atomic E-state index is 12.5. The Balaban J connectivity index is 2.41. The van der Waals surface area contributed by atoms with E-state index in [0.29, 0.717) is 6.54 Å². The molecule has 0 amide bonds. The van der Waals surface area contributed by atoms with E-state index in [1.54, 1.807) is 6.92 Å². The molecule has 1 aliphatic rings. The van der Waals surface area contributed by atoms with Crippen molar-refractivity contribution >= 4 is 0 Å². The quantitative estimate of drug-likeness (QED) is 0.575. The summed E-state index contributed by atoms with van der Waals surface area (Å²) >= 11 is 0. The van der Waals surface area contributed by atoms with Crippen molar-refractivity contribution < 1.29 is 4.39 Å². The summed E-state index contributed by atoms with van der Waals surface area (Å²) in [5, 5.41) is 0. The van der Waals surface area contributed by atoms with Crippen LogP contribution in [0.1, 0.15) is 19.8 Å². The number of alkyl halides is 1. The second kappa shape index (κ2) is 1.69. The molecule has 8 heavy (non-hydrogen) atoms. The standard InChI is InChI=1S/C6H12FN/c1-5(7)6(4-8)2-3-6/h5H,2-4,8H2,1H3. The van der Waals surface area contributed by atoms with E-state index in [4.69, 9.17) is 5.73 Å². The van der Waals surface area contributed by atoms with Crippen LogP contribution < -0.4 is 5.73 Å². The monoisotopic (exact) mass is 117 g/mol. The Morgan fingerprint density at radius 3 is 2.25 bits per heavy atom. The molecular formula is C6H12FN. The van der Waals surface area contributed by atoms with Crippen LogP contribution in [0.25, 0.3) is 0 Å². The molecule has 2 N–H and O–H groups in total. The summed E-state index contributed by atoms with van der Waals surface area (Å²) in [5.74, 6) is 0. The predicted molar refractivity (Wildman–Crippen MR) is 31.3 cm³/mol. The Hall–Kier alpha value is -0.110. The fourth-order valence-electron chi connectivity index (χ4n) is 0.925. The first-order chi connectivity index (χ1) is 3.71. The van der Waals surface area contributed by atoms with E-state index in [0.717, 1.165) is 12.8 Å². The molecule has 1 rings (SSSR count). The zero-order valence-electron chi connectivity index (χ0n) is 5.15. The highest BCUT2D eigenvalue weighted by Crippen LogP contribution is 2.48. The summed E-state index contributed by atoms with van der Waals surface area (Å²) in [7, 11) is 0. The average Bonchev–Trinajstić information content (AvgIpc) is 2.44. The van der Waals surface area contributed by atoms with Crippen LogP contribution in [0.3, 0.4) is 0 Å². The maximum Gasteiger partial charge on any atom is 0.104 e. The highest BCUT2D eigenvalue weighted by molar-refractivity contribution is 4.97. The van der Waals surface area contributed by atoms with Crippen molar-refractivity contribution in [2.45, 2.75) is 25.9 Å². The lowest BCUT2D eigenvalue weighted by Crippen LogP contribution is -2.23. The first-order valence-electron chi connectivity index (χ1n) is 3.05. The van der Waals surface area contributed by atoms with Crippen molar-refractivity contribution in [3.8, 4) is 0 Å². The molecule has 0 aromatic heterocycles. The SMILES string of the molecule is CC(F)C1(CN)CC1. The number of rotatable bonds is 2. The van der Waals surface area contributed by atoms with Crippen molar-refractivity contribution in [1.82, 2.24) is 0 Å². The molecule has 2 heteroatoms. The third-order valence-corrected chi connectivity index (χ3v) is 2.14. The molecule has 1 saturated carbocycles. The highest BCUT2D eigenvalue weighted by Gasteiger charge is 2.46. The van der Waals surface area contributed by atoms with Gasteiger partial charge in [0.1, 0.15) is 6.17 Å². The van der Waals surface area contributed by atoms with E-state index in [1.807, 2.05) is 0 Å². The lowest BCUT2D eigenvalue weighted by atomic mass is 10.0. The molecule has 1 aliphatic carbocycles. The van der Waals surface area contributed by atoms with E-state index in [1.165, 1.54) is 0 Å². The zero-order chi connectivity index (χ0) is 6.20. The molecule has 0 aromatic carbocycles. The number of halogens is 1. The Labute approximate surface area is 49.1 Å². The predicted octanol–water partition coefficient (Wildman–Crippen LogP) is 1.08. The van der Waals surface area contributed by atoms with Crippen LogP contribution in [0.5, 0.6) is 0 Å². The molecule has 0 spiro atoms. The Kier molecular flexibility index (Phi) is 1.27. The van der Waals surface area contributed by atoms with Crippen LogP contribution in [0.4, 0.5) is 4.39 Å². The second-order valence-electron chi connectivity index (χ2n) is 2.68. The third kappa shape index (κ3) is 0.730. The van der Waals surface area contributed by atoms with Gasteiger partial charge in [-0.1, -0.05) is 0 Å². The molecule has 1 nitrogen and oxygen atoms in total. The van der Waals surface area contributed by atoms with E-state index in [2.05, 4.69) is 0 Å². The van der Waals surface area contributed by atoms with Crippen LogP contribution in [-0.4, -0.2) is 12.7 Å². The van der Waals surface area contributed by atoms with Gasteiger partial charge < -0.3 is 5.73 Å². The minimum Gasteiger partial charge on any atom is -0.330 e. The van der Waals surface area contributed by atoms with Crippen LogP contribution in [0, 0.1) is 5.41 Å². The van der Waals surface area contributed by atoms with Crippen LogP contribution >= 0.6 is 0 Å². The number of hydrogen-bond acceptors (Lipinski definition) is 1. The summed E-state index contributed by atoms with van der Waals surface area (Å²) in [6.07, 6.45) is 1.27. The highest BCUT2D eigenvalue weighted by atomic mass is 19.1. The van der Waals surface area contributed by atoms with E-state index >= 15 is 0 Å². The first-order valence-corrected chi connectivity index (χ1v) is 3.05. The molecule has 0 saturated heterocycles. The van der Waals surface area contributed by atoms with Gasteiger partial charge in [0.05, 0.1) is 0 Å². The molecule has 0 aromatic rings. The number of hydrogen-bond donors (Lipinski definition) is 1. The largest absolute Gasteiger partial charge is 0.330 e. The minimum atomic E-state index is -0.701. The van der Waals surface area contributed by atoms with Crippen molar-refractivity contribution in [2.75, 3.05) is 6.54 Å². The van der Waals surface area contributed by atoms with Crippen molar-refractivity contribution in [3.05, 3.63) is 0 Å². The molecule has 48 valence electrons. The van der Waals surface area contributed by atoms with Gasteiger partial charge >= 0.3 is 0 Å². The summed E-state index contributed by atoms with van der Waals surface area (Å²) < 4.78 is 12.5. The third-order valence-electron chi connectivity index (χ3n) is 2.14. The van der Waals surface area contributed by atoms with Gasteiger partial charge in [0.2, 0.25) is 0 Å². The average molecular weight is 117 g/mol. The minimum absolute atomic E-state index is 0.0972. The van der Waals surface area contributed by atoms with Gasteiger partial charge in [-0.15, -0.1) is 0 Å². The second-order valence-corrected chi connectivity index (χ2v) is 2.68. The summed E-state index contributed by atoms with van der Waals surface area (Å²) in [6, 6.07) is 0. The lowest BCUT2D eigenvalue weighted by molar-refractivity contribution is 0.234. The molecule has 0 aliphatic heterocycles. The lowest BCUT2D eigenvalue weighted by Gasteiger charge is -2.11. The van der Waals surface area contributed by atoms with Gasteiger partial charge in [0, 0.05) is 12.0 Å². The van der Waals surface area contributed by atoms with Crippen molar-refractivity contribution in [2.24, 2.45) is 11.1 Å². The molecule has 1 unspecified atom stereocenters. The van der Waals surface area contributed by atoms with E-state index in [-0.39, 0.29) is 5.41 Å². The van der Waals surface area contributed by atoms with Gasteiger partial charge in [-0.3, -0.25) is 0 Å². The van der Waals surface area contributed by atoms with Gasteiger partial charge in [-0.25, -0.2) is 4.39 Å².